The molecule has 3 N–H and O–H groups in total. The minimum atomic E-state index is -3.76. The summed E-state index contributed by atoms with van der Waals surface area (Å²) in [7, 11) is -3.76. The Hall–Kier alpha value is -1.29. The summed E-state index contributed by atoms with van der Waals surface area (Å²) in [4.78, 5) is 16.0. The highest BCUT2D eigenvalue weighted by Gasteiger charge is 2.13. The van der Waals surface area contributed by atoms with Gasteiger partial charge in [-0.15, -0.1) is 11.3 Å². The van der Waals surface area contributed by atoms with Crippen LogP contribution >= 0.6 is 27.3 Å². The van der Waals surface area contributed by atoms with Gasteiger partial charge in [0.2, 0.25) is 10.0 Å². The molecule has 0 aliphatic heterocycles. The minimum absolute atomic E-state index is 0.0323. The lowest BCUT2D eigenvalue weighted by Gasteiger charge is -2.07. The van der Waals surface area contributed by atoms with Crippen LogP contribution in [0.4, 0.5) is 5.69 Å². The van der Waals surface area contributed by atoms with Crippen LogP contribution in [0.15, 0.2) is 39.3 Å². The van der Waals surface area contributed by atoms with E-state index >= 15 is 0 Å². The van der Waals surface area contributed by atoms with Crippen LogP contribution in [0.2, 0.25) is 0 Å². The molecule has 100 valence electrons. The Labute approximate surface area is 121 Å². The number of hydrogen-bond acceptors (Lipinski definition) is 5. The third-order valence-electron chi connectivity index (χ3n) is 2.17. The number of anilines is 1. The summed E-state index contributed by atoms with van der Waals surface area (Å²) in [6, 6.07) is 4.11. The number of halogens is 1. The quantitative estimate of drug-likeness (QED) is 0.869. The van der Waals surface area contributed by atoms with Crippen LogP contribution in [-0.4, -0.2) is 19.3 Å². The topological polar surface area (TPSA) is 102 Å². The Morgan fingerprint density at radius 1 is 1.42 bits per heavy atom. The lowest BCUT2D eigenvalue weighted by Crippen LogP contribution is -2.13. The second kappa shape index (κ2) is 5.37. The van der Waals surface area contributed by atoms with Crippen LogP contribution in [0.1, 0.15) is 9.67 Å². The Morgan fingerprint density at radius 2 is 2.16 bits per heavy atom. The summed E-state index contributed by atoms with van der Waals surface area (Å²) >= 11 is 4.39. The monoisotopic (exact) mass is 361 g/mol. The van der Waals surface area contributed by atoms with E-state index in [0.717, 1.165) is 0 Å². The number of nitrogens with zero attached hydrogens (tertiary/aromatic N) is 1. The molecule has 0 fully saturated rings. The summed E-state index contributed by atoms with van der Waals surface area (Å²) in [5, 5.41) is 7.65. The molecule has 0 radical (unpaired) electrons. The number of benzene rings is 1. The number of nitrogens with two attached hydrogens (primary N) is 1. The molecule has 0 atom stereocenters. The van der Waals surface area contributed by atoms with Gasteiger partial charge in [-0.25, -0.2) is 13.6 Å². The van der Waals surface area contributed by atoms with E-state index in [0.29, 0.717) is 15.0 Å². The van der Waals surface area contributed by atoms with Crippen LogP contribution in [0.5, 0.6) is 0 Å². The fourth-order valence-corrected chi connectivity index (χ4v) is 2.97. The molecule has 0 spiro atoms. The summed E-state index contributed by atoms with van der Waals surface area (Å²) < 4.78 is 22.8. The summed E-state index contributed by atoms with van der Waals surface area (Å²) in [6.45, 7) is 0. The van der Waals surface area contributed by atoms with Crippen LogP contribution in [0.3, 0.4) is 0 Å². The lowest BCUT2D eigenvalue weighted by molar-refractivity contribution is 0.103. The number of rotatable bonds is 3. The molecule has 0 saturated carbocycles. The van der Waals surface area contributed by atoms with Gasteiger partial charge in [-0.3, -0.25) is 9.78 Å². The first kappa shape index (κ1) is 14.1. The maximum atomic E-state index is 11.8. The number of sulfonamides is 1. The predicted octanol–water partition coefficient (Wildman–Crippen LogP) is 1.81. The zero-order valence-corrected chi connectivity index (χ0v) is 12.5. The van der Waals surface area contributed by atoms with E-state index in [2.05, 4.69) is 26.2 Å². The van der Waals surface area contributed by atoms with Crippen molar-refractivity contribution < 1.29 is 13.2 Å². The van der Waals surface area contributed by atoms with Crippen molar-refractivity contribution in [3.8, 4) is 0 Å². The molecule has 0 saturated heterocycles. The maximum Gasteiger partial charge on any atom is 0.267 e. The SMILES string of the molecule is NS(=O)(=O)c1ccc(NC(=O)c2cncs2)c(Br)c1. The average Bonchev–Trinajstić information content (AvgIpc) is 2.84. The highest BCUT2D eigenvalue weighted by Crippen LogP contribution is 2.26. The van der Waals surface area contributed by atoms with Crippen molar-refractivity contribution in [3.05, 3.63) is 39.3 Å². The van der Waals surface area contributed by atoms with Gasteiger partial charge in [-0.1, -0.05) is 0 Å². The second-order valence-corrected chi connectivity index (χ2v) is 6.81. The van der Waals surface area contributed by atoms with E-state index in [4.69, 9.17) is 5.14 Å². The van der Waals surface area contributed by atoms with Gasteiger partial charge in [-0.05, 0) is 34.1 Å². The molecule has 2 aromatic rings. The fraction of sp³-hybridized carbons (Fsp3) is 0. The molecule has 0 aliphatic carbocycles. The zero-order chi connectivity index (χ0) is 14.0. The number of aromatic nitrogens is 1. The van der Waals surface area contributed by atoms with E-state index in [-0.39, 0.29) is 10.8 Å². The maximum absolute atomic E-state index is 11.8. The molecule has 1 aromatic carbocycles. The van der Waals surface area contributed by atoms with Gasteiger partial charge in [-0.2, -0.15) is 0 Å². The Morgan fingerprint density at radius 3 is 2.68 bits per heavy atom. The molecule has 9 heteroatoms. The lowest BCUT2D eigenvalue weighted by atomic mass is 10.3. The molecule has 1 heterocycles. The van der Waals surface area contributed by atoms with E-state index < -0.39 is 10.0 Å². The van der Waals surface area contributed by atoms with Gasteiger partial charge in [0.05, 0.1) is 22.3 Å². The van der Waals surface area contributed by atoms with Gasteiger partial charge in [0.1, 0.15) is 4.88 Å². The normalized spacial score (nSPS) is 11.3. The van der Waals surface area contributed by atoms with Crippen molar-refractivity contribution in [1.82, 2.24) is 4.98 Å². The number of nitrogens with one attached hydrogen (secondary N) is 1. The summed E-state index contributed by atoms with van der Waals surface area (Å²) in [5.41, 5.74) is 2.00. The number of carbonyl (C=O) groups excluding carboxylic acids is 1. The summed E-state index contributed by atoms with van der Waals surface area (Å²) in [6.07, 6.45) is 1.45. The molecular formula is C10H8BrN3O3S2. The number of thiazole rings is 1. The van der Waals surface area contributed by atoms with Crippen LogP contribution in [0, 0.1) is 0 Å². The van der Waals surface area contributed by atoms with E-state index in [1.54, 1.807) is 5.51 Å². The van der Waals surface area contributed by atoms with Crippen LogP contribution in [-0.2, 0) is 10.0 Å². The van der Waals surface area contributed by atoms with Gasteiger partial charge in [0.25, 0.3) is 5.91 Å². The van der Waals surface area contributed by atoms with Crippen molar-refractivity contribution in [1.29, 1.82) is 0 Å². The Bertz CT molecular complexity index is 714. The molecule has 1 aromatic heterocycles. The summed E-state index contributed by atoms with van der Waals surface area (Å²) in [5.74, 6) is -0.313. The number of amides is 1. The number of hydrogen-bond donors (Lipinski definition) is 2. The van der Waals surface area contributed by atoms with Gasteiger partial charge >= 0.3 is 0 Å². The molecule has 6 nitrogen and oxygen atoms in total. The van der Waals surface area contributed by atoms with Crippen LogP contribution in [0.25, 0.3) is 0 Å². The standard InChI is InChI=1S/C10H8BrN3O3S2/c11-7-3-6(19(12,16)17)1-2-8(7)14-10(15)9-4-13-5-18-9/h1-5H,(H,14,15)(H2,12,16,17). The van der Waals surface area contributed by atoms with Crippen molar-refractivity contribution >= 4 is 48.9 Å². The smallest absolute Gasteiger partial charge is 0.267 e. The molecule has 0 bridgehead atoms. The van der Waals surface area contributed by atoms with E-state index in [1.165, 1.54) is 35.7 Å². The molecular weight excluding hydrogens is 354 g/mol. The zero-order valence-electron chi connectivity index (χ0n) is 9.33. The average molecular weight is 362 g/mol. The predicted molar refractivity (Wildman–Crippen MR) is 75.6 cm³/mol. The highest BCUT2D eigenvalue weighted by molar-refractivity contribution is 9.10. The third kappa shape index (κ3) is 3.38. The highest BCUT2D eigenvalue weighted by atomic mass is 79.9. The van der Waals surface area contributed by atoms with Crippen molar-refractivity contribution in [2.45, 2.75) is 4.90 Å². The van der Waals surface area contributed by atoms with E-state index in [9.17, 15) is 13.2 Å². The van der Waals surface area contributed by atoms with Crippen LogP contribution < -0.4 is 10.5 Å². The first-order valence-electron chi connectivity index (χ1n) is 4.90. The molecule has 0 unspecified atom stereocenters. The largest absolute Gasteiger partial charge is 0.320 e. The Kier molecular flexibility index (Phi) is 3.99. The molecule has 19 heavy (non-hydrogen) atoms. The van der Waals surface area contributed by atoms with E-state index in [1.807, 2.05) is 0 Å². The molecule has 2 rings (SSSR count). The first-order valence-corrected chi connectivity index (χ1v) is 8.12. The minimum Gasteiger partial charge on any atom is -0.320 e. The van der Waals surface area contributed by atoms with Crippen molar-refractivity contribution in [3.63, 3.8) is 0 Å². The third-order valence-corrected chi connectivity index (χ3v) is 4.51. The fourth-order valence-electron chi connectivity index (χ4n) is 1.29. The Balaban J connectivity index is 2.25. The second-order valence-electron chi connectivity index (χ2n) is 3.51. The molecule has 0 aliphatic rings. The number of primary sulfonamides is 1. The van der Waals surface area contributed by atoms with Gasteiger partial charge in [0.15, 0.2) is 0 Å². The van der Waals surface area contributed by atoms with Crippen molar-refractivity contribution in [2.24, 2.45) is 5.14 Å². The van der Waals surface area contributed by atoms with Crippen molar-refractivity contribution in [2.75, 3.05) is 5.32 Å². The molecule has 1 amide bonds. The van der Waals surface area contributed by atoms with Gasteiger partial charge < -0.3 is 5.32 Å². The van der Waals surface area contributed by atoms with Gasteiger partial charge in [0, 0.05) is 4.47 Å². The number of carbonyl (C=O) groups is 1. The first-order chi connectivity index (χ1) is 8.88.